The predicted octanol–water partition coefficient (Wildman–Crippen LogP) is 3.08. The summed E-state index contributed by atoms with van der Waals surface area (Å²) >= 11 is 0. The highest BCUT2D eigenvalue weighted by Crippen LogP contribution is 2.33. The Labute approximate surface area is 180 Å². The van der Waals surface area contributed by atoms with E-state index in [9.17, 15) is 19.2 Å². The normalized spacial score (nSPS) is 20.9. The summed E-state index contributed by atoms with van der Waals surface area (Å²) in [4.78, 5) is 50.9. The zero-order valence-electron chi connectivity index (χ0n) is 17.5. The number of nitrogens with one attached hydrogen (secondary N) is 1. The van der Waals surface area contributed by atoms with Crippen LogP contribution in [0.5, 0.6) is 0 Å². The molecule has 31 heavy (non-hydrogen) atoms. The lowest BCUT2D eigenvalue weighted by atomic mass is 9.99. The monoisotopic (exact) mass is 420 g/mol. The van der Waals surface area contributed by atoms with Crippen LogP contribution in [0, 0.1) is 5.92 Å². The minimum Gasteiger partial charge on any atom is -0.457 e. The number of ether oxygens (including phenoxy) is 1. The van der Waals surface area contributed by atoms with Crippen LogP contribution in [0.25, 0.3) is 0 Å². The van der Waals surface area contributed by atoms with Crippen LogP contribution in [0.1, 0.15) is 53.7 Å². The van der Waals surface area contributed by atoms with Crippen molar-refractivity contribution in [3.8, 4) is 0 Å². The van der Waals surface area contributed by atoms with E-state index in [4.69, 9.17) is 4.74 Å². The van der Waals surface area contributed by atoms with Gasteiger partial charge < -0.3 is 15.0 Å². The zero-order valence-corrected chi connectivity index (χ0v) is 17.5. The molecular weight excluding hydrogens is 396 g/mol. The predicted molar refractivity (Wildman–Crippen MR) is 113 cm³/mol. The Hall–Kier alpha value is -3.48. The lowest BCUT2D eigenvalue weighted by Crippen LogP contribution is -2.30. The molecule has 2 amide bonds. The summed E-state index contributed by atoms with van der Waals surface area (Å²) in [5.41, 5.74) is 2.84. The van der Waals surface area contributed by atoms with Crippen LogP contribution < -0.4 is 5.32 Å². The van der Waals surface area contributed by atoms with Gasteiger partial charge in [0.05, 0.1) is 17.9 Å². The summed E-state index contributed by atoms with van der Waals surface area (Å²) in [6, 6.07) is 14.4. The second kappa shape index (κ2) is 8.34. The van der Waals surface area contributed by atoms with Gasteiger partial charge in [-0.05, 0) is 43.2 Å². The molecule has 0 spiro atoms. The highest BCUT2D eigenvalue weighted by atomic mass is 16.5. The van der Waals surface area contributed by atoms with Gasteiger partial charge in [0.15, 0.2) is 12.4 Å². The number of anilines is 1. The fraction of sp³-hybridized carbons (Fsp3) is 0.333. The van der Waals surface area contributed by atoms with Gasteiger partial charge in [-0.15, -0.1) is 0 Å². The van der Waals surface area contributed by atoms with Gasteiger partial charge in [-0.3, -0.25) is 19.2 Å². The molecule has 3 atom stereocenters. The number of benzene rings is 2. The third kappa shape index (κ3) is 4.08. The fourth-order valence-corrected chi connectivity index (χ4v) is 4.10. The maximum Gasteiger partial charge on any atom is 0.311 e. The lowest BCUT2D eigenvalue weighted by molar-refractivity contribution is -0.147. The first-order valence-electron chi connectivity index (χ1n) is 10.3. The van der Waals surface area contributed by atoms with Gasteiger partial charge in [0, 0.05) is 24.2 Å². The Kier molecular flexibility index (Phi) is 5.59. The summed E-state index contributed by atoms with van der Waals surface area (Å²) in [5.74, 6) is -2.02. The average Bonchev–Trinajstić information content (AvgIpc) is 3.31. The van der Waals surface area contributed by atoms with Gasteiger partial charge in [-0.2, -0.15) is 0 Å². The largest absolute Gasteiger partial charge is 0.457 e. The zero-order chi connectivity index (χ0) is 22.1. The SMILES string of the molecule is C[C@@H]1C(=O)Nc2ccc(C(=O)COC(=O)[C@@H]3CC(=O)N([C@@H](C)c4ccccc4)C3)cc21. The first-order chi connectivity index (χ1) is 14.8. The smallest absolute Gasteiger partial charge is 0.311 e. The Morgan fingerprint density at radius 2 is 1.90 bits per heavy atom. The van der Waals surface area contributed by atoms with E-state index in [-0.39, 0.29) is 42.5 Å². The molecule has 7 heteroatoms. The summed E-state index contributed by atoms with van der Waals surface area (Å²) in [6.07, 6.45) is 0.0777. The topological polar surface area (TPSA) is 92.8 Å². The summed E-state index contributed by atoms with van der Waals surface area (Å²) in [5, 5.41) is 2.76. The molecule has 2 heterocycles. The Morgan fingerprint density at radius 1 is 1.16 bits per heavy atom. The molecule has 1 fully saturated rings. The number of nitrogens with zero attached hydrogens (tertiary/aromatic N) is 1. The van der Waals surface area contributed by atoms with E-state index in [0.29, 0.717) is 11.3 Å². The van der Waals surface area contributed by atoms with Crippen molar-refractivity contribution < 1.29 is 23.9 Å². The molecule has 0 saturated carbocycles. The third-order valence-corrected chi connectivity index (χ3v) is 6.08. The number of hydrogen-bond acceptors (Lipinski definition) is 5. The van der Waals surface area contributed by atoms with E-state index in [1.54, 1.807) is 30.0 Å². The Bertz CT molecular complexity index is 1050. The van der Waals surface area contributed by atoms with E-state index in [1.165, 1.54) is 0 Å². The number of carbonyl (C=O) groups is 4. The van der Waals surface area contributed by atoms with Gasteiger partial charge >= 0.3 is 5.97 Å². The Morgan fingerprint density at radius 3 is 2.65 bits per heavy atom. The number of carbonyl (C=O) groups excluding carboxylic acids is 4. The molecule has 160 valence electrons. The molecule has 2 aliphatic heterocycles. The molecule has 0 radical (unpaired) electrons. The average molecular weight is 420 g/mol. The van der Waals surface area contributed by atoms with Gasteiger partial charge in [0.25, 0.3) is 0 Å². The minimum absolute atomic E-state index is 0.0777. The first-order valence-corrected chi connectivity index (χ1v) is 10.3. The molecule has 0 aromatic heterocycles. The molecule has 0 unspecified atom stereocenters. The van der Waals surface area contributed by atoms with E-state index in [0.717, 1.165) is 11.1 Å². The van der Waals surface area contributed by atoms with Crippen molar-refractivity contribution in [2.45, 2.75) is 32.2 Å². The number of ketones is 1. The standard InChI is InChI=1S/C24H24N2O5/c1-14-19-10-17(8-9-20(19)25-23(14)29)21(27)13-31-24(30)18-11-22(28)26(12-18)15(2)16-6-4-3-5-7-16/h3-10,14-15,18H,11-13H2,1-2H3,(H,25,29)/t14-,15-,18+/m0/s1. The molecule has 4 rings (SSSR count). The summed E-state index contributed by atoms with van der Waals surface area (Å²) in [6.45, 7) is 3.58. The number of hydrogen-bond donors (Lipinski definition) is 1. The molecular formula is C24H24N2O5. The van der Waals surface area contributed by atoms with Crippen molar-refractivity contribution in [1.82, 2.24) is 4.90 Å². The summed E-state index contributed by atoms with van der Waals surface area (Å²) in [7, 11) is 0. The Balaban J connectivity index is 1.35. The highest BCUT2D eigenvalue weighted by molar-refractivity contribution is 6.05. The van der Waals surface area contributed by atoms with Gasteiger partial charge in [0.1, 0.15) is 0 Å². The molecule has 7 nitrogen and oxygen atoms in total. The lowest BCUT2D eigenvalue weighted by Gasteiger charge is -2.25. The number of likely N-dealkylation sites (tertiary alicyclic amines) is 1. The van der Waals surface area contributed by atoms with Crippen LogP contribution >= 0.6 is 0 Å². The van der Waals surface area contributed by atoms with Crippen LogP contribution in [0.3, 0.4) is 0 Å². The number of esters is 1. The third-order valence-electron chi connectivity index (χ3n) is 6.08. The molecule has 0 bridgehead atoms. The van der Waals surface area contributed by atoms with Crippen LogP contribution in [-0.4, -0.2) is 41.6 Å². The van der Waals surface area contributed by atoms with Crippen LogP contribution in [0.15, 0.2) is 48.5 Å². The molecule has 1 saturated heterocycles. The van der Waals surface area contributed by atoms with Crippen molar-refractivity contribution in [2.24, 2.45) is 5.92 Å². The van der Waals surface area contributed by atoms with Crippen LogP contribution in [0.2, 0.25) is 0 Å². The van der Waals surface area contributed by atoms with E-state index in [2.05, 4.69) is 5.32 Å². The second-order valence-corrected chi connectivity index (χ2v) is 8.08. The van der Waals surface area contributed by atoms with Crippen molar-refractivity contribution >= 4 is 29.3 Å². The van der Waals surface area contributed by atoms with Gasteiger partial charge in [0.2, 0.25) is 11.8 Å². The minimum atomic E-state index is -0.590. The van der Waals surface area contributed by atoms with Crippen molar-refractivity contribution in [3.05, 3.63) is 65.2 Å². The maximum absolute atomic E-state index is 12.5. The van der Waals surface area contributed by atoms with Crippen LogP contribution in [-0.2, 0) is 19.1 Å². The van der Waals surface area contributed by atoms with Crippen molar-refractivity contribution in [1.29, 1.82) is 0 Å². The first kappa shape index (κ1) is 20.8. The van der Waals surface area contributed by atoms with Crippen molar-refractivity contribution in [2.75, 3.05) is 18.5 Å². The molecule has 2 aromatic rings. The molecule has 2 aromatic carbocycles. The van der Waals surface area contributed by atoms with Gasteiger partial charge in [-0.1, -0.05) is 30.3 Å². The quantitative estimate of drug-likeness (QED) is 0.573. The molecule has 1 N–H and O–H groups in total. The maximum atomic E-state index is 12.5. The van der Waals surface area contributed by atoms with E-state index in [1.807, 2.05) is 37.3 Å². The second-order valence-electron chi connectivity index (χ2n) is 8.08. The molecule has 2 aliphatic rings. The highest BCUT2D eigenvalue weighted by Gasteiger charge is 2.38. The van der Waals surface area contributed by atoms with Gasteiger partial charge in [-0.25, -0.2) is 0 Å². The van der Waals surface area contributed by atoms with E-state index < -0.39 is 18.5 Å². The fourth-order valence-electron chi connectivity index (χ4n) is 4.10. The molecule has 0 aliphatic carbocycles. The number of amides is 2. The number of rotatable bonds is 6. The van der Waals surface area contributed by atoms with E-state index >= 15 is 0 Å². The van der Waals surface area contributed by atoms with Crippen LogP contribution in [0.4, 0.5) is 5.69 Å². The van der Waals surface area contributed by atoms with Crippen molar-refractivity contribution in [3.63, 3.8) is 0 Å². The number of fused-ring (bicyclic) bond motifs is 1. The summed E-state index contributed by atoms with van der Waals surface area (Å²) < 4.78 is 5.24. The number of Topliss-reactive ketones (excluding diaryl/α,β-unsaturated/α-hetero) is 1.